The molecule has 100 valence electrons. The molecule has 0 amide bonds. The maximum Gasteiger partial charge on any atom is 0.140 e. The third-order valence-electron chi connectivity index (χ3n) is 2.27. The number of nitrogens with zero attached hydrogens (tertiary/aromatic N) is 1. The van der Waals surface area contributed by atoms with E-state index in [4.69, 9.17) is 27.9 Å². The van der Waals surface area contributed by atoms with Crippen LogP contribution in [-0.4, -0.2) is 11.0 Å². The Bertz CT molecular complexity index is 627. The molecule has 0 atom stereocenters. The van der Waals surface area contributed by atoms with Gasteiger partial charge in [-0.25, -0.2) is 4.98 Å². The van der Waals surface area contributed by atoms with Crippen molar-refractivity contribution in [3.63, 3.8) is 0 Å². The fraction of sp³-hybridized carbons (Fsp3) is 0.167. The molecule has 1 heterocycles. The summed E-state index contributed by atoms with van der Waals surface area (Å²) >= 11 is 12.8. The van der Waals surface area contributed by atoms with Gasteiger partial charge >= 0.3 is 0 Å². The maximum absolute atomic E-state index is 10.8. The first-order valence-corrected chi connectivity index (χ1v) is 6.80. The van der Waals surface area contributed by atoms with Crippen LogP contribution in [0.3, 0.4) is 0 Å². The molecular formula is C12H8Cl2NO3S-. The number of carboxylic acid groups (broad SMARTS) is 1. The van der Waals surface area contributed by atoms with Crippen molar-refractivity contribution in [3.8, 4) is 5.75 Å². The lowest BCUT2D eigenvalue weighted by molar-refractivity contribution is -0.254. The molecule has 0 radical (unpaired) electrons. The molecule has 7 heteroatoms. The smallest absolute Gasteiger partial charge is 0.140 e. The van der Waals surface area contributed by atoms with Gasteiger partial charge in [0.05, 0.1) is 21.6 Å². The Labute approximate surface area is 123 Å². The molecule has 0 saturated heterocycles. The normalized spacial score (nSPS) is 10.5. The molecule has 4 nitrogen and oxygen atoms in total. The summed E-state index contributed by atoms with van der Waals surface area (Å²) < 4.78 is 5.47. The monoisotopic (exact) mass is 316 g/mol. The SMILES string of the molecule is Cc1nc(COc2cc(Cl)ccc2Cl)sc1C(=O)[O-]. The first-order valence-electron chi connectivity index (χ1n) is 5.23. The molecule has 0 aliphatic heterocycles. The number of aromatic carboxylic acids is 1. The van der Waals surface area contributed by atoms with Crippen LogP contribution in [-0.2, 0) is 6.61 Å². The van der Waals surface area contributed by atoms with Crippen LogP contribution < -0.4 is 9.84 Å². The zero-order valence-electron chi connectivity index (χ0n) is 9.78. The largest absolute Gasteiger partial charge is 0.544 e. The predicted octanol–water partition coefficient (Wildman–Crippen LogP) is 2.70. The average Bonchev–Trinajstić information content (AvgIpc) is 2.72. The van der Waals surface area contributed by atoms with Gasteiger partial charge in [0.2, 0.25) is 0 Å². The average molecular weight is 317 g/mol. The molecule has 0 unspecified atom stereocenters. The number of benzene rings is 1. The van der Waals surface area contributed by atoms with Gasteiger partial charge in [0.25, 0.3) is 0 Å². The van der Waals surface area contributed by atoms with Crippen molar-refractivity contribution < 1.29 is 14.6 Å². The zero-order chi connectivity index (χ0) is 14.0. The highest BCUT2D eigenvalue weighted by Crippen LogP contribution is 2.29. The van der Waals surface area contributed by atoms with Crippen molar-refractivity contribution in [2.75, 3.05) is 0 Å². The van der Waals surface area contributed by atoms with E-state index in [0.29, 0.717) is 26.5 Å². The standard InChI is InChI=1S/C12H9Cl2NO3S/c1-6-11(12(16)17)19-10(15-6)5-18-9-4-7(13)2-3-8(9)14/h2-4H,5H2,1H3,(H,16,17)/p-1. The van der Waals surface area contributed by atoms with Crippen LogP contribution in [0.25, 0.3) is 0 Å². The van der Waals surface area contributed by atoms with Crippen molar-refractivity contribution in [2.45, 2.75) is 13.5 Å². The number of carbonyl (C=O) groups excluding carboxylic acids is 1. The van der Waals surface area contributed by atoms with Crippen LogP contribution in [0, 0.1) is 6.92 Å². The van der Waals surface area contributed by atoms with Gasteiger partial charge in [-0.3, -0.25) is 0 Å². The first-order chi connectivity index (χ1) is 8.97. The van der Waals surface area contributed by atoms with Gasteiger partial charge in [-0.15, -0.1) is 11.3 Å². The first kappa shape index (κ1) is 14.1. The number of ether oxygens (including phenoxy) is 1. The summed E-state index contributed by atoms with van der Waals surface area (Å²) in [4.78, 5) is 15.0. The molecule has 2 aromatic rings. The van der Waals surface area contributed by atoms with Crippen LogP contribution in [0.2, 0.25) is 10.0 Å². The van der Waals surface area contributed by atoms with Gasteiger partial charge in [0.15, 0.2) is 0 Å². The number of carboxylic acids is 1. The van der Waals surface area contributed by atoms with Crippen LogP contribution in [0.15, 0.2) is 18.2 Å². The maximum atomic E-state index is 10.8. The molecule has 0 saturated carbocycles. The minimum atomic E-state index is -1.23. The summed E-state index contributed by atoms with van der Waals surface area (Å²) in [6.07, 6.45) is 0. The highest BCUT2D eigenvalue weighted by molar-refractivity contribution is 7.13. The highest BCUT2D eigenvalue weighted by Gasteiger charge is 2.10. The second-order valence-electron chi connectivity index (χ2n) is 3.67. The number of rotatable bonds is 4. The summed E-state index contributed by atoms with van der Waals surface area (Å²) in [5.74, 6) is -0.806. The Morgan fingerprint density at radius 1 is 1.47 bits per heavy atom. The van der Waals surface area contributed by atoms with E-state index in [2.05, 4.69) is 4.98 Å². The van der Waals surface area contributed by atoms with Crippen LogP contribution >= 0.6 is 34.5 Å². The van der Waals surface area contributed by atoms with Crippen LogP contribution in [0.4, 0.5) is 0 Å². The Hall–Kier alpha value is -1.30. The van der Waals surface area contributed by atoms with Crippen molar-refractivity contribution in [2.24, 2.45) is 0 Å². The van der Waals surface area contributed by atoms with Crippen LogP contribution in [0.5, 0.6) is 5.75 Å². The Kier molecular flexibility index (Phi) is 4.29. The van der Waals surface area contributed by atoms with Gasteiger partial charge in [0, 0.05) is 11.1 Å². The van der Waals surface area contributed by atoms with Crippen LogP contribution in [0.1, 0.15) is 20.4 Å². The van der Waals surface area contributed by atoms with E-state index in [9.17, 15) is 9.90 Å². The van der Waals surface area contributed by atoms with Gasteiger partial charge in [0.1, 0.15) is 17.4 Å². The Morgan fingerprint density at radius 2 is 2.21 bits per heavy atom. The van der Waals surface area contributed by atoms with Crippen molar-refractivity contribution in [3.05, 3.63) is 43.8 Å². The molecular weight excluding hydrogens is 309 g/mol. The number of aromatic nitrogens is 1. The summed E-state index contributed by atoms with van der Waals surface area (Å²) in [7, 11) is 0. The fourth-order valence-electron chi connectivity index (χ4n) is 1.43. The zero-order valence-corrected chi connectivity index (χ0v) is 12.1. The van der Waals surface area contributed by atoms with Gasteiger partial charge in [-0.1, -0.05) is 23.2 Å². The lowest BCUT2D eigenvalue weighted by Gasteiger charge is -2.06. The fourth-order valence-corrected chi connectivity index (χ4v) is 2.58. The Morgan fingerprint density at radius 3 is 2.84 bits per heavy atom. The topological polar surface area (TPSA) is 62.2 Å². The molecule has 19 heavy (non-hydrogen) atoms. The second-order valence-corrected chi connectivity index (χ2v) is 5.60. The quantitative estimate of drug-likeness (QED) is 0.870. The minimum absolute atomic E-state index is 0.107. The number of halogens is 2. The van der Waals surface area contributed by atoms with E-state index in [0.717, 1.165) is 11.3 Å². The van der Waals surface area contributed by atoms with E-state index >= 15 is 0 Å². The summed E-state index contributed by atoms with van der Waals surface area (Å²) in [6.45, 7) is 1.73. The van der Waals surface area contributed by atoms with E-state index in [1.54, 1.807) is 25.1 Å². The lowest BCUT2D eigenvalue weighted by atomic mass is 10.3. The summed E-state index contributed by atoms with van der Waals surface area (Å²) in [5.41, 5.74) is 0.417. The van der Waals surface area contributed by atoms with Gasteiger partial charge < -0.3 is 14.6 Å². The van der Waals surface area contributed by atoms with Gasteiger partial charge in [-0.05, 0) is 19.1 Å². The van der Waals surface area contributed by atoms with E-state index < -0.39 is 5.97 Å². The third-order valence-corrected chi connectivity index (χ3v) is 3.93. The molecule has 0 aliphatic carbocycles. The number of aryl methyl sites for hydroxylation is 1. The molecule has 0 spiro atoms. The van der Waals surface area contributed by atoms with Crippen molar-refractivity contribution >= 4 is 40.5 Å². The lowest BCUT2D eigenvalue weighted by Crippen LogP contribution is -2.21. The summed E-state index contributed by atoms with van der Waals surface area (Å²) in [5, 5.41) is 12.3. The summed E-state index contributed by atoms with van der Waals surface area (Å²) in [6, 6.07) is 4.86. The van der Waals surface area contributed by atoms with Crippen molar-refractivity contribution in [1.29, 1.82) is 0 Å². The Balaban J connectivity index is 2.12. The van der Waals surface area contributed by atoms with E-state index in [1.807, 2.05) is 0 Å². The number of hydrogen-bond donors (Lipinski definition) is 0. The second kappa shape index (κ2) is 5.77. The molecule has 0 fully saturated rings. The molecule has 0 bridgehead atoms. The number of carbonyl (C=O) groups is 1. The molecule has 1 aromatic heterocycles. The predicted molar refractivity (Wildman–Crippen MR) is 72.0 cm³/mol. The number of hydrogen-bond acceptors (Lipinski definition) is 5. The third kappa shape index (κ3) is 3.37. The molecule has 0 N–H and O–H groups in total. The molecule has 1 aromatic carbocycles. The highest BCUT2D eigenvalue weighted by atomic mass is 35.5. The number of thiazole rings is 1. The van der Waals surface area contributed by atoms with E-state index in [-0.39, 0.29) is 11.5 Å². The molecule has 0 aliphatic rings. The van der Waals surface area contributed by atoms with Crippen molar-refractivity contribution in [1.82, 2.24) is 4.98 Å². The minimum Gasteiger partial charge on any atom is -0.544 e. The molecule has 2 rings (SSSR count). The van der Waals surface area contributed by atoms with Gasteiger partial charge in [-0.2, -0.15) is 0 Å². The van der Waals surface area contributed by atoms with E-state index in [1.165, 1.54) is 0 Å².